The number of fused-ring (bicyclic) bond motifs is 1. The van der Waals surface area contributed by atoms with E-state index in [1.807, 2.05) is 30.3 Å². The van der Waals surface area contributed by atoms with Crippen LogP contribution in [0.5, 0.6) is 0 Å². The third-order valence-electron chi connectivity index (χ3n) is 3.33. The van der Waals surface area contributed by atoms with Crippen LogP contribution in [0.4, 0.5) is 5.13 Å². The van der Waals surface area contributed by atoms with Crippen molar-refractivity contribution in [2.24, 2.45) is 0 Å². The molecule has 0 spiro atoms. The van der Waals surface area contributed by atoms with Crippen LogP contribution in [-0.4, -0.2) is 16.6 Å². The molecule has 1 amide bonds. The number of benzene rings is 2. The Morgan fingerprint density at radius 3 is 2.64 bits per heavy atom. The van der Waals surface area contributed by atoms with Crippen LogP contribution in [0.25, 0.3) is 10.2 Å². The Bertz CT molecular complexity index is 897. The van der Waals surface area contributed by atoms with E-state index in [0.29, 0.717) is 27.1 Å². The van der Waals surface area contributed by atoms with E-state index in [9.17, 15) is 4.79 Å². The van der Waals surface area contributed by atoms with Crippen LogP contribution in [0.15, 0.2) is 41.3 Å². The molecule has 3 aromatic rings. The second-order valence-corrected chi connectivity index (χ2v) is 8.60. The molecule has 0 aliphatic heterocycles. The Balaban J connectivity index is 1.49. The van der Waals surface area contributed by atoms with Crippen molar-refractivity contribution in [2.45, 2.75) is 17.7 Å². The van der Waals surface area contributed by atoms with Gasteiger partial charge in [-0.15, -0.1) is 11.8 Å². The first-order valence-corrected chi connectivity index (χ1v) is 10.4. The maximum atomic E-state index is 12.1. The average Bonchev–Trinajstić information content (AvgIpc) is 3.00. The average molecular weight is 432 g/mol. The monoisotopic (exact) mass is 430 g/mol. The maximum absolute atomic E-state index is 12.1. The van der Waals surface area contributed by atoms with Gasteiger partial charge in [0.15, 0.2) is 5.13 Å². The number of rotatable bonds is 6. The highest BCUT2D eigenvalue weighted by Gasteiger charge is 2.12. The SMILES string of the molecule is O=C(CCCSc1ccc(Cl)cc1)Nc1nc2c(Cl)c(Cl)ccc2s1. The molecule has 0 aliphatic rings. The van der Waals surface area contributed by atoms with Crippen molar-refractivity contribution in [3.05, 3.63) is 51.5 Å². The van der Waals surface area contributed by atoms with Gasteiger partial charge >= 0.3 is 0 Å². The van der Waals surface area contributed by atoms with Crippen molar-refractivity contribution in [3.8, 4) is 0 Å². The lowest BCUT2D eigenvalue weighted by molar-refractivity contribution is -0.116. The van der Waals surface area contributed by atoms with E-state index in [0.717, 1.165) is 26.8 Å². The van der Waals surface area contributed by atoms with Crippen LogP contribution in [0.2, 0.25) is 15.1 Å². The van der Waals surface area contributed by atoms with E-state index < -0.39 is 0 Å². The molecule has 0 radical (unpaired) electrons. The molecule has 25 heavy (non-hydrogen) atoms. The van der Waals surface area contributed by atoms with Crippen LogP contribution in [0.1, 0.15) is 12.8 Å². The number of amides is 1. The van der Waals surface area contributed by atoms with Crippen LogP contribution in [-0.2, 0) is 4.79 Å². The number of halogens is 3. The molecule has 3 nitrogen and oxygen atoms in total. The summed E-state index contributed by atoms with van der Waals surface area (Å²) in [4.78, 5) is 17.6. The van der Waals surface area contributed by atoms with E-state index in [1.54, 1.807) is 17.8 Å². The van der Waals surface area contributed by atoms with Crippen molar-refractivity contribution in [1.82, 2.24) is 4.98 Å². The first-order chi connectivity index (χ1) is 12.0. The summed E-state index contributed by atoms with van der Waals surface area (Å²) in [5, 5.41) is 4.95. The summed E-state index contributed by atoms with van der Waals surface area (Å²) in [5.41, 5.74) is 0.618. The van der Waals surface area contributed by atoms with Gasteiger partial charge in [0.05, 0.1) is 14.7 Å². The second kappa shape index (κ2) is 8.60. The van der Waals surface area contributed by atoms with Crippen molar-refractivity contribution in [2.75, 3.05) is 11.1 Å². The van der Waals surface area contributed by atoms with E-state index in [4.69, 9.17) is 34.8 Å². The Morgan fingerprint density at radius 2 is 1.88 bits per heavy atom. The van der Waals surface area contributed by atoms with Crippen LogP contribution in [0.3, 0.4) is 0 Å². The quantitative estimate of drug-likeness (QED) is 0.346. The topological polar surface area (TPSA) is 42.0 Å². The Hall–Kier alpha value is -0.980. The molecule has 0 unspecified atom stereocenters. The largest absolute Gasteiger partial charge is 0.302 e. The number of nitrogens with one attached hydrogen (secondary N) is 1. The molecule has 0 bridgehead atoms. The molecule has 1 aromatic heterocycles. The summed E-state index contributed by atoms with van der Waals surface area (Å²) < 4.78 is 0.892. The van der Waals surface area contributed by atoms with Gasteiger partial charge in [-0.2, -0.15) is 0 Å². The summed E-state index contributed by atoms with van der Waals surface area (Å²) in [5.74, 6) is 0.800. The van der Waals surface area contributed by atoms with Gasteiger partial charge < -0.3 is 5.32 Å². The minimum atomic E-state index is -0.0574. The number of nitrogens with zero attached hydrogens (tertiary/aromatic N) is 1. The zero-order valence-corrected chi connectivity index (χ0v) is 16.8. The summed E-state index contributed by atoms with van der Waals surface area (Å²) in [6, 6.07) is 11.2. The fourth-order valence-electron chi connectivity index (χ4n) is 2.13. The maximum Gasteiger partial charge on any atom is 0.226 e. The lowest BCUT2D eigenvalue weighted by atomic mass is 10.3. The number of carbonyl (C=O) groups is 1. The highest BCUT2D eigenvalue weighted by atomic mass is 35.5. The minimum Gasteiger partial charge on any atom is -0.302 e. The van der Waals surface area contributed by atoms with Crippen molar-refractivity contribution < 1.29 is 4.79 Å². The van der Waals surface area contributed by atoms with Crippen molar-refractivity contribution in [3.63, 3.8) is 0 Å². The van der Waals surface area contributed by atoms with Gasteiger partial charge in [-0.25, -0.2) is 4.98 Å². The third kappa shape index (κ3) is 5.02. The molecule has 0 saturated carbocycles. The zero-order chi connectivity index (χ0) is 17.8. The van der Waals surface area contributed by atoms with Gasteiger partial charge in [-0.3, -0.25) is 4.79 Å². The Kier molecular flexibility index (Phi) is 6.47. The van der Waals surface area contributed by atoms with Gasteiger partial charge in [-0.1, -0.05) is 46.1 Å². The van der Waals surface area contributed by atoms with Gasteiger partial charge in [0.2, 0.25) is 5.91 Å². The van der Waals surface area contributed by atoms with E-state index in [-0.39, 0.29) is 5.91 Å². The van der Waals surface area contributed by atoms with Crippen LogP contribution in [0, 0.1) is 0 Å². The third-order valence-corrected chi connectivity index (χ3v) is 6.41. The predicted molar refractivity (Wildman–Crippen MR) is 110 cm³/mol. The molecule has 8 heteroatoms. The number of hydrogen-bond acceptors (Lipinski definition) is 4. The predicted octanol–water partition coefficient (Wildman–Crippen LogP) is 6.77. The molecule has 1 N–H and O–H groups in total. The Labute approximate surface area is 168 Å². The van der Waals surface area contributed by atoms with Gasteiger partial charge in [-0.05, 0) is 48.6 Å². The number of hydrogen-bond donors (Lipinski definition) is 1. The fourth-order valence-corrected chi connectivity index (χ4v) is 4.41. The molecule has 3 rings (SSSR count). The first-order valence-electron chi connectivity index (χ1n) is 7.45. The summed E-state index contributed by atoms with van der Waals surface area (Å²) >= 11 is 21.1. The number of aromatic nitrogens is 1. The fraction of sp³-hybridized carbons (Fsp3) is 0.176. The zero-order valence-electron chi connectivity index (χ0n) is 12.9. The lowest BCUT2D eigenvalue weighted by Gasteiger charge is -2.03. The van der Waals surface area contributed by atoms with Gasteiger partial charge in [0.25, 0.3) is 0 Å². The van der Waals surface area contributed by atoms with E-state index in [1.165, 1.54) is 11.3 Å². The number of thioether (sulfide) groups is 1. The highest BCUT2D eigenvalue weighted by Crippen LogP contribution is 2.35. The number of anilines is 1. The molecule has 0 fully saturated rings. The molecule has 1 heterocycles. The molecule has 2 aromatic carbocycles. The smallest absolute Gasteiger partial charge is 0.226 e. The summed E-state index contributed by atoms with van der Waals surface area (Å²) in [6.07, 6.45) is 1.21. The normalized spacial score (nSPS) is 11.0. The standard InChI is InChI=1S/C17H13Cl3N2OS2/c18-10-3-5-11(6-4-10)24-9-1-2-14(23)21-17-22-16-13(25-17)8-7-12(19)15(16)20/h3-8H,1-2,9H2,(H,21,22,23). The molecule has 130 valence electrons. The molecule has 0 aliphatic carbocycles. The second-order valence-electron chi connectivity index (χ2n) is 5.18. The molecule has 0 atom stereocenters. The first kappa shape index (κ1) is 18.8. The number of carbonyl (C=O) groups excluding carboxylic acids is 1. The van der Waals surface area contributed by atoms with Gasteiger partial charge in [0.1, 0.15) is 5.52 Å². The van der Waals surface area contributed by atoms with Gasteiger partial charge in [0, 0.05) is 16.3 Å². The highest BCUT2D eigenvalue weighted by molar-refractivity contribution is 7.99. The Morgan fingerprint density at radius 1 is 1.12 bits per heavy atom. The summed E-state index contributed by atoms with van der Waals surface area (Å²) in [7, 11) is 0. The van der Waals surface area contributed by atoms with Crippen LogP contribution < -0.4 is 5.32 Å². The minimum absolute atomic E-state index is 0.0574. The molecular formula is C17H13Cl3N2OS2. The van der Waals surface area contributed by atoms with E-state index in [2.05, 4.69) is 10.3 Å². The summed E-state index contributed by atoms with van der Waals surface area (Å²) in [6.45, 7) is 0. The van der Waals surface area contributed by atoms with Crippen LogP contribution >= 0.6 is 57.9 Å². The lowest BCUT2D eigenvalue weighted by Crippen LogP contribution is -2.11. The molecule has 0 saturated heterocycles. The van der Waals surface area contributed by atoms with Crippen molar-refractivity contribution >= 4 is 79.2 Å². The molecular weight excluding hydrogens is 419 g/mol. The van der Waals surface area contributed by atoms with E-state index >= 15 is 0 Å². The number of thiazole rings is 1. The van der Waals surface area contributed by atoms with Crippen molar-refractivity contribution in [1.29, 1.82) is 0 Å².